The van der Waals surface area contributed by atoms with Gasteiger partial charge in [0.05, 0.1) is 12.6 Å². The van der Waals surface area contributed by atoms with E-state index in [0.29, 0.717) is 0 Å². The number of aliphatic hydroxyl groups is 1. The zero-order valence-electron chi connectivity index (χ0n) is 20.9. The second-order valence-corrected chi connectivity index (χ2v) is 10.3. The Morgan fingerprint density at radius 1 is 1.06 bits per heavy atom. The molecule has 1 heterocycles. The van der Waals surface area contributed by atoms with Crippen LogP contribution in [0, 0.1) is 23.7 Å². The predicted octanol–water partition coefficient (Wildman–Crippen LogP) is 1.93. The van der Waals surface area contributed by atoms with E-state index in [1.54, 1.807) is 0 Å². The number of amides is 3. The maximum Gasteiger partial charge on any atom is 0.471 e. The topological polar surface area (TPSA) is 136 Å². The number of rotatable bonds is 9. The Morgan fingerprint density at radius 2 is 1.60 bits per heavy atom. The summed E-state index contributed by atoms with van der Waals surface area (Å²) in [5.41, 5.74) is 0. The van der Waals surface area contributed by atoms with Gasteiger partial charge in [-0.15, -0.1) is 0 Å². The Bertz CT molecular complexity index is 753. The molecule has 1 saturated carbocycles. The molecule has 2 aliphatic rings. The van der Waals surface area contributed by atoms with E-state index in [9.17, 15) is 37.5 Å². The molecule has 0 radical (unpaired) electrons. The highest BCUT2D eigenvalue weighted by atomic mass is 19.4. The Hall–Kier alpha value is -2.37. The molecule has 0 aromatic carbocycles. The van der Waals surface area contributed by atoms with Crippen LogP contribution in [-0.4, -0.2) is 76.3 Å². The molecule has 1 aliphatic carbocycles. The Morgan fingerprint density at radius 3 is 2.03 bits per heavy atom. The number of nitrogens with zero attached hydrogens (tertiary/aromatic N) is 1. The highest BCUT2D eigenvalue weighted by Crippen LogP contribution is 2.35. The van der Waals surface area contributed by atoms with Crippen LogP contribution in [0.2, 0.25) is 0 Å². The van der Waals surface area contributed by atoms with Crippen LogP contribution in [0.3, 0.4) is 0 Å². The van der Waals surface area contributed by atoms with Crippen molar-refractivity contribution in [2.75, 3.05) is 13.1 Å². The smallest absolute Gasteiger partial charge is 0.471 e. The standard InChI is InChI=1S/C19H28F3N3O6.C4H10/c1-9(2)11-6-13(25(8-11)14(26)7-23-18(31)19(20,21)22)16(28)24-12(5-10-3-4-10)15(27)17(29)30;1-4(2)3/h9-13,15,27H,3-8H2,1-2H3,(H,23,31)(H,24,28)(H,29,30);4H,1-3H3/t11?,12?,13-,15?;/m0./s1. The van der Waals surface area contributed by atoms with Gasteiger partial charge in [-0.05, 0) is 36.5 Å². The fourth-order valence-corrected chi connectivity index (χ4v) is 3.66. The minimum atomic E-state index is -5.13. The lowest BCUT2D eigenvalue weighted by Gasteiger charge is -2.28. The number of halogens is 3. The summed E-state index contributed by atoms with van der Waals surface area (Å²) in [7, 11) is 0. The normalized spacial score (nSPS) is 21.7. The number of hydrogen-bond donors (Lipinski definition) is 4. The van der Waals surface area contributed by atoms with Gasteiger partial charge in [0.2, 0.25) is 11.8 Å². The van der Waals surface area contributed by atoms with Crippen LogP contribution in [-0.2, 0) is 19.2 Å². The van der Waals surface area contributed by atoms with Gasteiger partial charge in [0.15, 0.2) is 6.10 Å². The lowest BCUT2D eigenvalue weighted by Crippen LogP contribution is -2.54. The highest BCUT2D eigenvalue weighted by molar-refractivity contribution is 5.92. The Labute approximate surface area is 203 Å². The van der Waals surface area contributed by atoms with Crippen molar-refractivity contribution >= 4 is 23.7 Å². The van der Waals surface area contributed by atoms with Crippen LogP contribution in [0.25, 0.3) is 0 Å². The van der Waals surface area contributed by atoms with Crippen molar-refractivity contribution in [3.8, 4) is 0 Å². The van der Waals surface area contributed by atoms with E-state index in [-0.39, 0.29) is 37.1 Å². The van der Waals surface area contributed by atoms with E-state index in [1.165, 1.54) is 5.32 Å². The number of alkyl halides is 3. The average Bonchev–Trinajstić information content (AvgIpc) is 3.42. The molecule has 4 atom stereocenters. The number of hydrogen-bond acceptors (Lipinski definition) is 5. The molecule has 9 nitrogen and oxygen atoms in total. The second-order valence-electron chi connectivity index (χ2n) is 10.3. The molecule has 0 aromatic rings. The number of aliphatic carboxylic acids is 1. The highest BCUT2D eigenvalue weighted by Gasteiger charge is 2.44. The number of carboxylic acid groups (broad SMARTS) is 1. The summed E-state index contributed by atoms with van der Waals surface area (Å²) in [5, 5.41) is 23.1. The van der Waals surface area contributed by atoms with Crippen LogP contribution in [0.15, 0.2) is 0 Å². The van der Waals surface area contributed by atoms with Crippen molar-refractivity contribution < 1.29 is 42.6 Å². The van der Waals surface area contributed by atoms with Gasteiger partial charge in [0, 0.05) is 6.54 Å². The average molecular weight is 510 g/mol. The molecule has 2 fully saturated rings. The third-order valence-corrected chi connectivity index (χ3v) is 5.80. The number of carbonyl (C=O) groups is 4. The maximum absolute atomic E-state index is 12.9. The summed E-state index contributed by atoms with van der Waals surface area (Å²) in [6.07, 6.45) is -4.72. The zero-order chi connectivity index (χ0) is 27.1. The molecule has 1 aliphatic heterocycles. The monoisotopic (exact) mass is 509 g/mol. The quantitative estimate of drug-likeness (QED) is 0.375. The Balaban J connectivity index is 0.00000142. The number of likely N-dealkylation sites (tertiary alicyclic amines) is 1. The van der Waals surface area contributed by atoms with Gasteiger partial charge in [0.25, 0.3) is 0 Å². The minimum absolute atomic E-state index is 0.0738. The fraction of sp³-hybridized carbons (Fsp3) is 0.826. The maximum atomic E-state index is 12.9. The van der Waals surface area contributed by atoms with Crippen LogP contribution in [0.4, 0.5) is 13.2 Å². The first kappa shape index (κ1) is 30.7. The fourth-order valence-electron chi connectivity index (χ4n) is 3.66. The summed E-state index contributed by atoms with van der Waals surface area (Å²) in [4.78, 5) is 48.7. The summed E-state index contributed by atoms with van der Waals surface area (Å²) in [6, 6.07) is -2.08. The molecule has 3 amide bonds. The molecule has 4 N–H and O–H groups in total. The third-order valence-electron chi connectivity index (χ3n) is 5.80. The van der Waals surface area contributed by atoms with Crippen LogP contribution in [0.1, 0.15) is 60.3 Å². The van der Waals surface area contributed by atoms with Crippen LogP contribution >= 0.6 is 0 Å². The zero-order valence-corrected chi connectivity index (χ0v) is 20.9. The first-order valence-electron chi connectivity index (χ1n) is 11.9. The number of carbonyl (C=O) groups excluding carboxylic acids is 3. The number of carboxylic acids is 1. The molecular formula is C23H38F3N3O6. The molecule has 3 unspecified atom stereocenters. The van der Waals surface area contributed by atoms with Crippen LogP contribution < -0.4 is 10.6 Å². The van der Waals surface area contributed by atoms with Crippen molar-refractivity contribution in [1.82, 2.24) is 15.5 Å². The van der Waals surface area contributed by atoms with E-state index in [2.05, 4.69) is 26.1 Å². The second kappa shape index (κ2) is 13.1. The van der Waals surface area contributed by atoms with Crippen molar-refractivity contribution in [3.63, 3.8) is 0 Å². The van der Waals surface area contributed by atoms with Crippen molar-refractivity contribution in [2.24, 2.45) is 23.7 Å². The van der Waals surface area contributed by atoms with Crippen molar-refractivity contribution in [1.29, 1.82) is 0 Å². The van der Waals surface area contributed by atoms with Gasteiger partial charge in [-0.25, -0.2) is 4.79 Å². The first-order valence-corrected chi connectivity index (χ1v) is 11.9. The van der Waals surface area contributed by atoms with E-state index >= 15 is 0 Å². The SMILES string of the molecule is CC(C)C.CC(C)C1C[C@@H](C(=O)NC(CC2CC2)C(O)C(=O)O)N(C(=O)CNC(=O)C(F)(F)F)C1. The minimum Gasteiger partial charge on any atom is -0.479 e. The molecule has 35 heavy (non-hydrogen) atoms. The lowest BCUT2D eigenvalue weighted by atomic mass is 9.93. The summed E-state index contributed by atoms with van der Waals surface area (Å²) >= 11 is 0. The van der Waals surface area contributed by atoms with Crippen molar-refractivity contribution in [3.05, 3.63) is 0 Å². The van der Waals surface area contributed by atoms with Gasteiger partial charge in [-0.2, -0.15) is 13.2 Å². The van der Waals surface area contributed by atoms with Gasteiger partial charge < -0.3 is 25.7 Å². The van der Waals surface area contributed by atoms with Gasteiger partial charge in [-0.3, -0.25) is 14.4 Å². The largest absolute Gasteiger partial charge is 0.479 e. The van der Waals surface area contributed by atoms with E-state index in [4.69, 9.17) is 5.11 Å². The van der Waals surface area contributed by atoms with Gasteiger partial charge in [0.1, 0.15) is 6.04 Å². The third kappa shape index (κ3) is 10.4. The molecule has 0 spiro atoms. The molecule has 1 saturated heterocycles. The van der Waals surface area contributed by atoms with E-state index < -0.39 is 54.6 Å². The predicted molar refractivity (Wildman–Crippen MR) is 121 cm³/mol. The number of nitrogens with one attached hydrogen (secondary N) is 2. The first-order chi connectivity index (χ1) is 16.0. The molecular weight excluding hydrogens is 471 g/mol. The molecule has 0 bridgehead atoms. The molecule has 12 heteroatoms. The molecule has 202 valence electrons. The van der Waals surface area contributed by atoms with Crippen molar-refractivity contribution in [2.45, 2.75) is 84.7 Å². The number of aliphatic hydroxyl groups excluding tert-OH is 1. The van der Waals surface area contributed by atoms with Crippen LogP contribution in [0.5, 0.6) is 0 Å². The van der Waals surface area contributed by atoms with Gasteiger partial charge in [-0.1, -0.05) is 47.5 Å². The summed E-state index contributed by atoms with van der Waals surface area (Å²) < 4.78 is 37.1. The molecule has 0 aromatic heterocycles. The van der Waals surface area contributed by atoms with Gasteiger partial charge >= 0.3 is 18.1 Å². The molecule has 2 rings (SSSR count). The summed E-state index contributed by atoms with van der Waals surface area (Å²) in [6.45, 7) is 9.45. The van der Waals surface area contributed by atoms with E-state index in [1.807, 2.05) is 13.8 Å². The summed E-state index contributed by atoms with van der Waals surface area (Å²) in [5.74, 6) is -4.27. The Kier molecular flexibility index (Phi) is 11.5. The lowest BCUT2D eigenvalue weighted by molar-refractivity contribution is -0.174. The van der Waals surface area contributed by atoms with E-state index in [0.717, 1.165) is 23.7 Å².